The van der Waals surface area contributed by atoms with Crippen molar-refractivity contribution in [1.82, 2.24) is 4.98 Å². The predicted octanol–water partition coefficient (Wildman–Crippen LogP) is 5.66. The number of H-pyrrole nitrogens is 1. The van der Waals surface area contributed by atoms with Crippen molar-refractivity contribution in [1.29, 1.82) is 0 Å². The van der Waals surface area contributed by atoms with Crippen molar-refractivity contribution in [3.63, 3.8) is 0 Å². The molecule has 2 nitrogen and oxygen atoms in total. The number of aromatic amines is 1. The Balaban J connectivity index is 1.67. The summed E-state index contributed by atoms with van der Waals surface area (Å²) in [6.45, 7) is 0.581. The third kappa shape index (κ3) is 2.48. The maximum Gasteiger partial charge on any atom is 0.121 e. The molecule has 0 amide bonds. The highest BCUT2D eigenvalue weighted by molar-refractivity contribution is 9.10. The molecule has 0 radical (unpaired) electrons. The van der Waals surface area contributed by atoms with Gasteiger partial charge in [-0.1, -0.05) is 52.3 Å². The van der Waals surface area contributed by atoms with Crippen LogP contribution in [0.15, 0.2) is 71.2 Å². The molecule has 3 heteroatoms. The normalized spacial score (nSPS) is 11.1. The molecule has 0 aliphatic carbocycles. The first kappa shape index (κ1) is 13.4. The van der Waals surface area contributed by atoms with Gasteiger partial charge >= 0.3 is 0 Å². The van der Waals surface area contributed by atoms with Crippen LogP contribution in [0.2, 0.25) is 0 Å². The van der Waals surface area contributed by atoms with Crippen molar-refractivity contribution in [2.45, 2.75) is 6.61 Å². The molecule has 0 bridgehead atoms. The highest BCUT2D eigenvalue weighted by Gasteiger charge is 2.06. The van der Waals surface area contributed by atoms with Crippen molar-refractivity contribution < 1.29 is 4.74 Å². The van der Waals surface area contributed by atoms with Crippen LogP contribution >= 0.6 is 15.9 Å². The number of rotatable bonds is 3. The minimum absolute atomic E-state index is 0.581. The molecular formula is C19H14BrNO. The van der Waals surface area contributed by atoms with Crippen LogP contribution in [0.4, 0.5) is 0 Å². The molecule has 0 saturated carbocycles. The van der Waals surface area contributed by atoms with E-state index in [1.807, 2.05) is 24.3 Å². The lowest BCUT2D eigenvalue weighted by atomic mass is 10.1. The molecule has 0 atom stereocenters. The fourth-order valence-electron chi connectivity index (χ4n) is 2.69. The number of ether oxygens (including phenoxy) is 1. The topological polar surface area (TPSA) is 25.0 Å². The smallest absolute Gasteiger partial charge is 0.121 e. The van der Waals surface area contributed by atoms with Gasteiger partial charge < -0.3 is 9.72 Å². The van der Waals surface area contributed by atoms with Crippen LogP contribution in [0.1, 0.15) is 5.56 Å². The molecular weight excluding hydrogens is 338 g/mol. The van der Waals surface area contributed by atoms with E-state index in [-0.39, 0.29) is 0 Å². The van der Waals surface area contributed by atoms with Crippen LogP contribution in [0, 0.1) is 0 Å². The van der Waals surface area contributed by atoms with Crippen LogP contribution in [-0.2, 0) is 6.61 Å². The first-order chi connectivity index (χ1) is 10.8. The highest BCUT2D eigenvalue weighted by atomic mass is 79.9. The molecule has 0 aliphatic heterocycles. The minimum Gasteiger partial charge on any atom is -0.489 e. The van der Waals surface area contributed by atoms with Gasteiger partial charge in [-0.2, -0.15) is 0 Å². The fourth-order valence-corrected chi connectivity index (χ4v) is 3.05. The molecule has 0 spiro atoms. The van der Waals surface area contributed by atoms with Gasteiger partial charge in [-0.3, -0.25) is 0 Å². The average molecular weight is 352 g/mol. The summed E-state index contributed by atoms with van der Waals surface area (Å²) in [5.74, 6) is 0.877. The van der Waals surface area contributed by atoms with Gasteiger partial charge in [0.15, 0.2) is 0 Å². The third-order valence-corrected chi connectivity index (χ3v) is 4.27. The summed E-state index contributed by atoms with van der Waals surface area (Å²) >= 11 is 3.51. The SMILES string of the molecule is Brc1ccc2c(c1)[nH]c1cc(OCc3ccccc3)ccc12. The maximum absolute atomic E-state index is 5.89. The Labute approximate surface area is 136 Å². The summed E-state index contributed by atoms with van der Waals surface area (Å²) in [7, 11) is 0. The number of nitrogens with one attached hydrogen (secondary N) is 1. The van der Waals surface area contributed by atoms with E-state index >= 15 is 0 Å². The fraction of sp³-hybridized carbons (Fsp3) is 0.0526. The molecule has 22 heavy (non-hydrogen) atoms. The Kier molecular flexibility index (Phi) is 3.35. The maximum atomic E-state index is 5.89. The molecule has 0 unspecified atom stereocenters. The summed E-state index contributed by atoms with van der Waals surface area (Å²) in [5, 5.41) is 2.45. The number of benzene rings is 3. The lowest BCUT2D eigenvalue weighted by molar-refractivity contribution is 0.306. The second kappa shape index (κ2) is 5.50. The van der Waals surface area contributed by atoms with E-state index < -0.39 is 0 Å². The zero-order chi connectivity index (χ0) is 14.9. The number of aromatic nitrogens is 1. The quantitative estimate of drug-likeness (QED) is 0.505. The van der Waals surface area contributed by atoms with Gasteiger partial charge in [-0.15, -0.1) is 0 Å². The molecule has 4 aromatic rings. The van der Waals surface area contributed by atoms with E-state index in [1.54, 1.807) is 0 Å². The van der Waals surface area contributed by atoms with Crippen molar-refractivity contribution in [2.24, 2.45) is 0 Å². The number of hydrogen-bond donors (Lipinski definition) is 1. The van der Waals surface area contributed by atoms with Gasteiger partial charge in [0.2, 0.25) is 0 Å². The lowest BCUT2D eigenvalue weighted by Crippen LogP contribution is -1.94. The zero-order valence-corrected chi connectivity index (χ0v) is 13.4. The van der Waals surface area contributed by atoms with Gasteiger partial charge in [0.25, 0.3) is 0 Å². The highest BCUT2D eigenvalue weighted by Crippen LogP contribution is 2.30. The Morgan fingerprint density at radius 1 is 0.818 bits per heavy atom. The average Bonchev–Trinajstić information content (AvgIpc) is 2.90. The zero-order valence-electron chi connectivity index (χ0n) is 11.8. The van der Waals surface area contributed by atoms with Gasteiger partial charge in [0.05, 0.1) is 5.52 Å². The lowest BCUT2D eigenvalue weighted by Gasteiger charge is -2.06. The van der Waals surface area contributed by atoms with Crippen molar-refractivity contribution in [2.75, 3.05) is 0 Å². The van der Waals surface area contributed by atoms with Crippen molar-refractivity contribution in [3.8, 4) is 5.75 Å². The molecule has 3 aromatic carbocycles. The molecule has 0 aliphatic rings. The van der Waals surface area contributed by atoms with Crippen LogP contribution in [-0.4, -0.2) is 4.98 Å². The first-order valence-electron chi connectivity index (χ1n) is 7.17. The van der Waals surface area contributed by atoms with Crippen LogP contribution < -0.4 is 4.74 Å². The Morgan fingerprint density at radius 3 is 2.36 bits per heavy atom. The van der Waals surface area contributed by atoms with E-state index in [9.17, 15) is 0 Å². The molecule has 4 rings (SSSR count). The Morgan fingerprint density at radius 2 is 1.55 bits per heavy atom. The van der Waals surface area contributed by atoms with Crippen LogP contribution in [0.25, 0.3) is 21.8 Å². The molecule has 0 saturated heterocycles. The number of hydrogen-bond acceptors (Lipinski definition) is 1. The predicted molar refractivity (Wildman–Crippen MR) is 94.3 cm³/mol. The van der Waals surface area contributed by atoms with E-state index in [0.29, 0.717) is 6.61 Å². The Bertz CT molecular complexity index is 944. The monoisotopic (exact) mass is 351 g/mol. The molecule has 108 valence electrons. The summed E-state index contributed by atoms with van der Waals surface area (Å²) in [5.41, 5.74) is 3.39. The van der Waals surface area contributed by atoms with E-state index in [2.05, 4.69) is 63.4 Å². The van der Waals surface area contributed by atoms with Gasteiger partial charge in [0, 0.05) is 26.8 Å². The number of halogens is 1. The van der Waals surface area contributed by atoms with Crippen molar-refractivity contribution >= 4 is 37.7 Å². The molecule has 1 heterocycles. The van der Waals surface area contributed by atoms with E-state index in [4.69, 9.17) is 4.74 Å². The molecule has 0 fully saturated rings. The molecule has 1 N–H and O–H groups in total. The van der Waals surface area contributed by atoms with Crippen LogP contribution in [0.3, 0.4) is 0 Å². The summed E-state index contributed by atoms with van der Waals surface area (Å²) in [6, 6.07) is 22.7. The second-order valence-electron chi connectivity index (χ2n) is 5.30. The van der Waals surface area contributed by atoms with E-state index in [1.165, 1.54) is 16.3 Å². The van der Waals surface area contributed by atoms with E-state index in [0.717, 1.165) is 21.3 Å². The number of fused-ring (bicyclic) bond motifs is 3. The van der Waals surface area contributed by atoms with Gasteiger partial charge in [-0.25, -0.2) is 0 Å². The minimum atomic E-state index is 0.581. The second-order valence-corrected chi connectivity index (χ2v) is 6.21. The first-order valence-corrected chi connectivity index (χ1v) is 7.97. The van der Waals surface area contributed by atoms with Gasteiger partial charge in [-0.05, 0) is 29.8 Å². The third-order valence-electron chi connectivity index (χ3n) is 3.78. The van der Waals surface area contributed by atoms with Crippen molar-refractivity contribution in [3.05, 3.63) is 76.8 Å². The summed E-state index contributed by atoms with van der Waals surface area (Å²) in [4.78, 5) is 3.45. The summed E-state index contributed by atoms with van der Waals surface area (Å²) in [6.07, 6.45) is 0. The summed E-state index contributed by atoms with van der Waals surface area (Å²) < 4.78 is 6.97. The van der Waals surface area contributed by atoms with Crippen LogP contribution in [0.5, 0.6) is 5.75 Å². The molecule has 1 aromatic heterocycles. The van der Waals surface area contributed by atoms with Gasteiger partial charge in [0.1, 0.15) is 12.4 Å². The standard InChI is InChI=1S/C19H14BrNO/c20-14-6-8-16-17-9-7-15(11-19(17)21-18(16)10-14)22-12-13-4-2-1-3-5-13/h1-11,21H,12H2. The Hall–Kier alpha value is -2.26. The largest absolute Gasteiger partial charge is 0.489 e.